The summed E-state index contributed by atoms with van der Waals surface area (Å²) in [6.07, 6.45) is 5.62. The number of rotatable bonds is 3. The Bertz CT molecular complexity index is 655. The lowest BCUT2D eigenvalue weighted by atomic mass is 10.0. The molecule has 0 aliphatic rings. The van der Waals surface area contributed by atoms with E-state index in [1.165, 1.54) is 12.3 Å². The van der Waals surface area contributed by atoms with Crippen LogP contribution in [0.3, 0.4) is 0 Å². The van der Waals surface area contributed by atoms with Crippen LogP contribution in [0.1, 0.15) is 44.7 Å². The van der Waals surface area contributed by atoms with Crippen LogP contribution in [0, 0.1) is 28.6 Å². The summed E-state index contributed by atoms with van der Waals surface area (Å²) in [4.78, 5) is 7.52. The van der Waals surface area contributed by atoms with E-state index in [1.54, 1.807) is 12.3 Å². The molecule has 0 bridgehead atoms. The van der Waals surface area contributed by atoms with Crippen molar-refractivity contribution in [3.05, 3.63) is 57.2 Å². The van der Waals surface area contributed by atoms with Crippen LogP contribution in [-0.2, 0) is 0 Å². The predicted molar refractivity (Wildman–Crippen MR) is 103 cm³/mol. The van der Waals surface area contributed by atoms with E-state index in [2.05, 4.69) is 47.9 Å². The molecule has 0 fully saturated rings. The molecule has 2 heterocycles. The van der Waals surface area contributed by atoms with Crippen LogP contribution in [0.15, 0.2) is 45.6 Å². The van der Waals surface area contributed by atoms with Gasteiger partial charge in [-0.15, -0.1) is 0 Å². The smallest absolute Gasteiger partial charge is 0.212 e. The van der Waals surface area contributed by atoms with Crippen molar-refractivity contribution in [3.63, 3.8) is 0 Å². The second-order valence-electron chi connectivity index (χ2n) is 4.70. The predicted octanol–water partition coefficient (Wildman–Crippen LogP) is 6.15. The van der Waals surface area contributed by atoms with Crippen molar-refractivity contribution in [1.29, 1.82) is 10.5 Å². The molecule has 0 N–H and O–H groups in total. The zero-order valence-electron chi connectivity index (χ0n) is 14.1. The molecule has 2 aromatic rings. The summed E-state index contributed by atoms with van der Waals surface area (Å²) < 4.78 is 13.7. The molecule has 7 heteroatoms. The van der Waals surface area contributed by atoms with Crippen LogP contribution in [-0.4, -0.2) is 9.97 Å². The summed E-state index contributed by atoms with van der Waals surface area (Å²) in [6, 6.07) is 10.9. The minimum absolute atomic E-state index is 0.0712. The third kappa shape index (κ3) is 11.4. The maximum Gasteiger partial charge on any atom is 0.212 e. The largest absolute Gasteiger partial charge is 0.259 e. The molecule has 0 saturated carbocycles. The third-order valence-electron chi connectivity index (χ3n) is 2.72. The normalized spacial score (nSPS) is 10.0. The number of hydrogen-bond acceptors (Lipinski definition) is 4. The molecule has 1 unspecified atom stereocenters. The SMILES string of the molecule is CCC(C#N)c1ccc(Br)cn1.CCCC#N.Fc1ccc(Br)cn1. The van der Waals surface area contributed by atoms with E-state index in [-0.39, 0.29) is 5.92 Å². The van der Waals surface area contributed by atoms with Crippen LogP contribution in [0.2, 0.25) is 0 Å². The Morgan fingerprint density at radius 1 is 1.04 bits per heavy atom. The number of pyridine rings is 2. The zero-order chi connectivity index (χ0) is 19.1. The maximum atomic E-state index is 12.0. The summed E-state index contributed by atoms with van der Waals surface area (Å²) >= 11 is 6.41. The van der Waals surface area contributed by atoms with Crippen molar-refractivity contribution in [2.45, 2.75) is 39.0 Å². The molecule has 4 nitrogen and oxygen atoms in total. The Kier molecular flexibility index (Phi) is 13.4. The van der Waals surface area contributed by atoms with Gasteiger partial charge in [-0.05, 0) is 69.0 Å². The number of halogens is 3. The van der Waals surface area contributed by atoms with Gasteiger partial charge >= 0.3 is 0 Å². The van der Waals surface area contributed by atoms with Gasteiger partial charge < -0.3 is 0 Å². The van der Waals surface area contributed by atoms with E-state index in [0.717, 1.165) is 27.5 Å². The lowest BCUT2D eigenvalue weighted by Gasteiger charge is -2.03. The van der Waals surface area contributed by atoms with E-state index >= 15 is 0 Å². The van der Waals surface area contributed by atoms with E-state index in [4.69, 9.17) is 10.5 Å². The lowest BCUT2D eigenvalue weighted by molar-refractivity contribution is 0.583. The van der Waals surface area contributed by atoms with Gasteiger partial charge in [0.1, 0.15) is 0 Å². The molecule has 2 aromatic heterocycles. The van der Waals surface area contributed by atoms with Gasteiger partial charge in [-0.25, -0.2) is 4.98 Å². The van der Waals surface area contributed by atoms with Crippen LogP contribution >= 0.6 is 31.9 Å². The highest BCUT2D eigenvalue weighted by atomic mass is 79.9. The van der Waals surface area contributed by atoms with Crippen LogP contribution in [0.25, 0.3) is 0 Å². The van der Waals surface area contributed by atoms with E-state index in [1.807, 2.05) is 32.0 Å². The van der Waals surface area contributed by atoms with Crippen LogP contribution < -0.4 is 0 Å². The second-order valence-corrected chi connectivity index (χ2v) is 6.53. The molecule has 0 saturated heterocycles. The summed E-state index contributed by atoms with van der Waals surface area (Å²) in [5.74, 6) is -0.522. The van der Waals surface area contributed by atoms with Crippen molar-refractivity contribution in [2.24, 2.45) is 0 Å². The molecule has 0 aliphatic heterocycles. The third-order valence-corrected chi connectivity index (χ3v) is 3.66. The summed E-state index contributed by atoms with van der Waals surface area (Å²) in [7, 11) is 0. The summed E-state index contributed by atoms with van der Waals surface area (Å²) in [5, 5.41) is 16.6. The number of nitriles is 2. The first-order chi connectivity index (χ1) is 12.0. The van der Waals surface area contributed by atoms with Crippen LogP contribution in [0.5, 0.6) is 0 Å². The fourth-order valence-corrected chi connectivity index (χ4v) is 1.90. The maximum absolute atomic E-state index is 12.0. The highest BCUT2D eigenvalue weighted by molar-refractivity contribution is 9.10. The molecule has 2 rings (SSSR count). The summed E-state index contributed by atoms with van der Waals surface area (Å²) in [6.45, 7) is 3.97. The van der Waals surface area contributed by atoms with Crippen molar-refractivity contribution < 1.29 is 4.39 Å². The monoisotopic (exact) mass is 468 g/mol. The molecular weight excluding hydrogens is 451 g/mol. The Morgan fingerprint density at radius 3 is 1.92 bits per heavy atom. The Hall–Kier alpha value is -1.83. The molecule has 132 valence electrons. The molecule has 25 heavy (non-hydrogen) atoms. The van der Waals surface area contributed by atoms with Crippen LogP contribution in [0.4, 0.5) is 4.39 Å². The second kappa shape index (κ2) is 14.5. The van der Waals surface area contributed by atoms with Gasteiger partial charge in [-0.2, -0.15) is 14.9 Å². The Labute approximate surface area is 165 Å². The summed E-state index contributed by atoms with van der Waals surface area (Å²) in [5.41, 5.74) is 0.850. The number of unbranched alkanes of at least 4 members (excludes halogenated alkanes) is 1. The van der Waals surface area contributed by atoms with Crippen molar-refractivity contribution in [1.82, 2.24) is 9.97 Å². The minimum atomic E-state index is -0.451. The fourth-order valence-electron chi connectivity index (χ4n) is 1.43. The fraction of sp³-hybridized carbons (Fsp3) is 0.333. The average molecular weight is 470 g/mol. The highest BCUT2D eigenvalue weighted by Gasteiger charge is 2.07. The molecule has 0 aromatic carbocycles. The number of nitrogens with zero attached hydrogens (tertiary/aromatic N) is 4. The minimum Gasteiger partial charge on any atom is -0.259 e. The molecule has 0 radical (unpaired) electrons. The molecule has 0 amide bonds. The first-order valence-electron chi connectivity index (χ1n) is 7.63. The van der Waals surface area contributed by atoms with Gasteiger partial charge in [0.25, 0.3) is 0 Å². The van der Waals surface area contributed by atoms with Crippen molar-refractivity contribution in [3.8, 4) is 12.1 Å². The van der Waals surface area contributed by atoms with Gasteiger partial charge in [0.15, 0.2) is 0 Å². The van der Waals surface area contributed by atoms with Gasteiger partial charge in [-0.1, -0.05) is 13.8 Å². The molecular formula is C18H19Br2FN4. The molecule has 0 aliphatic carbocycles. The van der Waals surface area contributed by atoms with Gasteiger partial charge in [0.05, 0.1) is 23.8 Å². The van der Waals surface area contributed by atoms with Crippen molar-refractivity contribution >= 4 is 31.9 Å². The van der Waals surface area contributed by atoms with Crippen molar-refractivity contribution in [2.75, 3.05) is 0 Å². The lowest BCUT2D eigenvalue weighted by Crippen LogP contribution is -1.96. The number of aromatic nitrogens is 2. The van der Waals surface area contributed by atoms with E-state index in [0.29, 0.717) is 6.42 Å². The quantitative estimate of drug-likeness (QED) is 0.505. The first kappa shape index (κ1) is 23.2. The van der Waals surface area contributed by atoms with E-state index in [9.17, 15) is 4.39 Å². The van der Waals surface area contributed by atoms with Gasteiger partial charge in [-0.3, -0.25) is 4.98 Å². The Morgan fingerprint density at radius 2 is 1.64 bits per heavy atom. The van der Waals surface area contributed by atoms with Gasteiger partial charge in [0.2, 0.25) is 5.95 Å². The molecule has 0 spiro atoms. The van der Waals surface area contributed by atoms with Gasteiger partial charge in [0, 0.05) is 27.8 Å². The standard InChI is InChI=1S/C9H9BrN2.C5H3BrFN.C4H7N/c1-2-7(5-11)9-4-3-8(10)6-12-9;6-4-1-2-5(7)8-3-4;1-2-3-4-5/h3-4,6-7H,2H2,1H3;1-3H;2-3H2,1H3. The Balaban J connectivity index is 0.000000382. The number of hydrogen-bond donors (Lipinski definition) is 0. The van der Waals surface area contributed by atoms with E-state index < -0.39 is 5.95 Å². The topological polar surface area (TPSA) is 73.4 Å². The highest BCUT2D eigenvalue weighted by Crippen LogP contribution is 2.17. The first-order valence-corrected chi connectivity index (χ1v) is 9.22. The zero-order valence-corrected chi connectivity index (χ0v) is 17.3. The molecule has 1 atom stereocenters. The average Bonchev–Trinajstić information content (AvgIpc) is 2.62.